The van der Waals surface area contributed by atoms with Crippen molar-refractivity contribution < 1.29 is 0 Å². The van der Waals surface area contributed by atoms with E-state index in [4.69, 9.17) is 18.0 Å². The van der Waals surface area contributed by atoms with E-state index >= 15 is 0 Å². The molecule has 0 amide bonds. The van der Waals surface area contributed by atoms with Gasteiger partial charge in [0, 0.05) is 30.7 Å². The van der Waals surface area contributed by atoms with Crippen molar-refractivity contribution in [3.63, 3.8) is 0 Å². The lowest BCUT2D eigenvalue weighted by atomic mass is 10.2. The fourth-order valence-electron chi connectivity index (χ4n) is 1.79. The Morgan fingerprint density at radius 2 is 2.17 bits per heavy atom. The fourth-order valence-corrected chi connectivity index (χ4v) is 1.97. The van der Waals surface area contributed by atoms with Crippen LogP contribution in [0.2, 0.25) is 0 Å². The Balaban J connectivity index is 2.37. The summed E-state index contributed by atoms with van der Waals surface area (Å²) in [6.07, 6.45) is 5.15. The van der Waals surface area contributed by atoms with E-state index in [0.29, 0.717) is 18.8 Å². The Labute approximate surface area is 110 Å². The van der Waals surface area contributed by atoms with Crippen LogP contribution in [0.3, 0.4) is 0 Å². The Hall–Kier alpha value is -1.95. The molecule has 0 bridgehead atoms. The van der Waals surface area contributed by atoms with Crippen molar-refractivity contribution in [2.75, 3.05) is 0 Å². The normalized spacial score (nSPS) is 10.5. The molecule has 0 saturated carbocycles. The first-order valence-corrected chi connectivity index (χ1v) is 6.03. The molecular weight excluding hydrogens is 248 g/mol. The molecule has 0 radical (unpaired) electrons. The molecule has 0 saturated heterocycles. The fraction of sp³-hybridized carbons (Fsp3) is 0.250. The molecule has 2 aromatic heterocycles. The van der Waals surface area contributed by atoms with Crippen LogP contribution < -0.4 is 11.4 Å². The van der Waals surface area contributed by atoms with Gasteiger partial charge in [-0.1, -0.05) is 18.3 Å². The van der Waals surface area contributed by atoms with Crippen LogP contribution in [-0.2, 0) is 13.1 Å². The molecule has 5 nitrogen and oxygen atoms in total. The molecule has 2 heterocycles. The molecule has 0 aliphatic carbocycles. The first-order chi connectivity index (χ1) is 8.63. The standard InChI is InChI=1S/C12H14N4OS/c1-2-15-6-7-16(12(15)17)8-9-4-3-5-14-10(9)11(13)18/h3-7H,2,8H2,1H3,(H2,13,18). The zero-order chi connectivity index (χ0) is 13.1. The lowest BCUT2D eigenvalue weighted by Crippen LogP contribution is -2.25. The molecule has 0 aliphatic heterocycles. The number of aryl methyl sites for hydroxylation is 1. The molecule has 6 heteroatoms. The molecule has 0 aliphatic rings. The molecule has 0 atom stereocenters. The van der Waals surface area contributed by atoms with Crippen LogP contribution in [0, 0.1) is 0 Å². The average Bonchev–Trinajstić information content (AvgIpc) is 2.71. The highest BCUT2D eigenvalue weighted by Crippen LogP contribution is 2.06. The molecule has 18 heavy (non-hydrogen) atoms. The molecule has 94 valence electrons. The minimum absolute atomic E-state index is 0.0461. The van der Waals surface area contributed by atoms with E-state index in [2.05, 4.69) is 4.98 Å². The maximum Gasteiger partial charge on any atom is 0.328 e. The maximum absolute atomic E-state index is 11.9. The molecule has 0 spiro atoms. The Morgan fingerprint density at radius 3 is 2.78 bits per heavy atom. The lowest BCUT2D eigenvalue weighted by molar-refractivity contribution is 0.667. The quantitative estimate of drug-likeness (QED) is 0.826. The van der Waals surface area contributed by atoms with E-state index in [-0.39, 0.29) is 10.7 Å². The summed E-state index contributed by atoms with van der Waals surface area (Å²) >= 11 is 4.95. The molecule has 2 N–H and O–H groups in total. The van der Waals surface area contributed by atoms with Crippen molar-refractivity contribution in [3.05, 3.63) is 52.5 Å². The number of aromatic nitrogens is 3. The summed E-state index contributed by atoms with van der Waals surface area (Å²) in [6.45, 7) is 3.00. The van der Waals surface area contributed by atoms with Crippen molar-refractivity contribution in [3.8, 4) is 0 Å². The molecule has 0 unspecified atom stereocenters. The molecule has 0 fully saturated rings. The third-order valence-corrected chi connectivity index (χ3v) is 2.92. The second-order valence-electron chi connectivity index (χ2n) is 3.87. The highest BCUT2D eigenvalue weighted by molar-refractivity contribution is 7.80. The summed E-state index contributed by atoms with van der Waals surface area (Å²) in [6, 6.07) is 3.68. The SMILES string of the molecule is CCn1ccn(Cc2cccnc2C(N)=S)c1=O. The number of hydrogen-bond acceptors (Lipinski definition) is 3. The molecule has 0 aromatic carbocycles. The third kappa shape index (κ3) is 2.33. The predicted molar refractivity (Wildman–Crippen MR) is 73.6 cm³/mol. The smallest absolute Gasteiger partial charge is 0.328 e. The van der Waals surface area contributed by atoms with Crippen molar-refractivity contribution >= 4 is 17.2 Å². The van der Waals surface area contributed by atoms with Gasteiger partial charge in [-0.2, -0.15) is 0 Å². The summed E-state index contributed by atoms with van der Waals surface area (Å²) in [5, 5.41) is 0. The van der Waals surface area contributed by atoms with Gasteiger partial charge in [0.05, 0.1) is 6.54 Å². The number of rotatable bonds is 4. The summed E-state index contributed by atoms with van der Waals surface area (Å²) in [4.78, 5) is 16.3. The topological polar surface area (TPSA) is 65.8 Å². The zero-order valence-corrected chi connectivity index (χ0v) is 10.9. The van der Waals surface area contributed by atoms with Gasteiger partial charge in [0.25, 0.3) is 0 Å². The van der Waals surface area contributed by atoms with Crippen LogP contribution in [-0.4, -0.2) is 19.1 Å². The van der Waals surface area contributed by atoms with Crippen LogP contribution in [0.15, 0.2) is 35.5 Å². The first kappa shape index (κ1) is 12.5. The molecule has 2 rings (SSSR count). The summed E-state index contributed by atoms with van der Waals surface area (Å²) in [5.41, 5.74) is 6.99. The van der Waals surface area contributed by atoms with Crippen molar-refractivity contribution in [2.24, 2.45) is 5.73 Å². The van der Waals surface area contributed by atoms with E-state index < -0.39 is 0 Å². The number of imidazole rings is 1. The van der Waals surface area contributed by atoms with E-state index in [9.17, 15) is 4.79 Å². The largest absolute Gasteiger partial charge is 0.388 e. The van der Waals surface area contributed by atoms with E-state index in [1.165, 1.54) is 0 Å². The van der Waals surface area contributed by atoms with Gasteiger partial charge in [-0.05, 0) is 13.0 Å². The zero-order valence-electron chi connectivity index (χ0n) is 10.0. The van der Waals surface area contributed by atoms with Gasteiger partial charge in [0.2, 0.25) is 0 Å². The van der Waals surface area contributed by atoms with Crippen LogP contribution in [0.25, 0.3) is 0 Å². The molecular formula is C12H14N4OS. The predicted octanol–water partition coefficient (Wildman–Crippen LogP) is 0.747. The van der Waals surface area contributed by atoms with Crippen LogP contribution in [0.5, 0.6) is 0 Å². The minimum atomic E-state index is -0.0461. The highest BCUT2D eigenvalue weighted by atomic mass is 32.1. The van der Waals surface area contributed by atoms with E-state index in [1.54, 1.807) is 33.8 Å². The average molecular weight is 262 g/mol. The monoisotopic (exact) mass is 262 g/mol. The maximum atomic E-state index is 11.9. The number of nitrogens with zero attached hydrogens (tertiary/aromatic N) is 3. The summed E-state index contributed by atoms with van der Waals surface area (Å²) in [5.74, 6) is 0. The Bertz CT molecular complexity index is 629. The van der Waals surface area contributed by atoms with E-state index in [1.807, 2.05) is 13.0 Å². The van der Waals surface area contributed by atoms with Crippen molar-refractivity contribution in [1.29, 1.82) is 0 Å². The van der Waals surface area contributed by atoms with Gasteiger partial charge in [-0.15, -0.1) is 0 Å². The van der Waals surface area contributed by atoms with E-state index in [0.717, 1.165) is 5.56 Å². The third-order valence-electron chi connectivity index (χ3n) is 2.72. The van der Waals surface area contributed by atoms with Crippen molar-refractivity contribution in [2.45, 2.75) is 20.0 Å². The second-order valence-corrected chi connectivity index (χ2v) is 4.31. The number of nitrogens with two attached hydrogens (primary N) is 1. The van der Waals surface area contributed by atoms with Gasteiger partial charge in [0.15, 0.2) is 0 Å². The van der Waals surface area contributed by atoms with Crippen LogP contribution in [0.4, 0.5) is 0 Å². The van der Waals surface area contributed by atoms with Crippen LogP contribution in [0.1, 0.15) is 18.2 Å². The van der Waals surface area contributed by atoms with Crippen LogP contribution >= 0.6 is 12.2 Å². The van der Waals surface area contributed by atoms with Gasteiger partial charge in [0.1, 0.15) is 10.7 Å². The first-order valence-electron chi connectivity index (χ1n) is 5.62. The van der Waals surface area contributed by atoms with Crippen molar-refractivity contribution in [1.82, 2.24) is 14.1 Å². The van der Waals surface area contributed by atoms with Gasteiger partial charge >= 0.3 is 5.69 Å². The number of pyridine rings is 1. The second kappa shape index (κ2) is 5.14. The Morgan fingerprint density at radius 1 is 1.44 bits per heavy atom. The summed E-state index contributed by atoms with van der Waals surface area (Å²) in [7, 11) is 0. The lowest BCUT2D eigenvalue weighted by Gasteiger charge is -2.07. The van der Waals surface area contributed by atoms with Gasteiger partial charge < -0.3 is 5.73 Å². The molecule has 2 aromatic rings. The number of hydrogen-bond donors (Lipinski definition) is 1. The van der Waals surface area contributed by atoms with Gasteiger partial charge in [-0.25, -0.2) is 4.79 Å². The minimum Gasteiger partial charge on any atom is -0.388 e. The number of thiocarbonyl (C=S) groups is 1. The Kier molecular flexibility index (Phi) is 3.57. The van der Waals surface area contributed by atoms with Gasteiger partial charge in [-0.3, -0.25) is 14.1 Å². The summed E-state index contributed by atoms with van der Waals surface area (Å²) < 4.78 is 3.25. The highest BCUT2D eigenvalue weighted by Gasteiger charge is 2.08.